The van der Waals surface area contributed by atoms with Crippen LogP contribution in [-0.4, -0.2) is 66.8 Å². The van der Waals surface area contributed by atoms with Crippen LogP contribution in [0.25, 0.3) is 0 Å². The Balaban J connectivity index is 1.12. The molecule has 0 aliphatic carbocycles. The smallest absolute Gasteiger partial charge is 0.231 e. The van der Waals surface area contributed by atoms with E-state index in [9.17, 15) is 26.8 Å². The zero-order valence-electron chi connectivity index (χ0n) is 21.0. The first-order chi connectivity index (χ1) is 18.7. The van der Waals surface area contributed by atoms with Crippen LogP contribution in [-0.2, 0) is 25.8 Å². The number of piperidine rings is 1. The molecule has 39 heavy (non-hydrogen) atoms. The monoisotopic (exact) mass is 555 g/mol. The van der Waals surface area contributed by atoms with Crippen LogP contribution in [0.5, 0.6) is 0 Å². The number of nitrogens with zero attached hydrogens (tertiary/aromatic N) is 4. The molecular weight excluding hydrogens is 528 g/mol. The van der Waals surface area contributed by atoms with Crippen LogP contribution in [0.1, 0.15) is 18.4 Å². The number of anilines is 2. The van der Waals surface area contributed by atoms with E-state index in [1.165, 1.54) is 17.0 Å². The molecule has 0 saturated carbocycles. The lowest BCUT2D eigenvalue weighted by molar-refractivity contribution is -0.131. The number of benzene rings is 2. The van der Waals surface area contributed by atoms with Gasteiger partial charge in [-0.1, -0.05) is 0 Å². The molecule has 3 heterocycles. The highest BCUT2D eigenvalue weighted by Crippen LogP contribution is 2.27. The van der Waals surface area contributed by atoms with E-state index in [-0.39, 0.29) is 60.5 Å². The Hall–Kier alpha value is -3.93. The van der Waals surface area contributed by atoms with Gasteiger partial charge in [0.2, 0.25) is 11.8 Å². The molecule has 0 spiro atoms. The largest absolute Gasteiger partial charge is 0.353 e. The third-order valence-electron chi connectivity index (χ3n) is 7.10. The van der Waals surface area contributed by atoms with Gasteiger partial charge in [0.15, 0.2) is 15.7 Å². The molecule has 2 aromatic carbocycles. The Labute approximate surface area is 224 Å². The van der Waals surface area contributed by atoms with E-state index >= 15 is 0 Å². The number of carbonyl (C=O) groups is 2. The SMILES string of the molecule is O=C(Nc1ccc(S(=O)(=O)C2CCN(C(=O)Cc3cc(F)cc(F)c3)CC2)cc1)C1CN(c2cccnn2)C1. The molecule has 9 nitrogen and oxygen atoms in total. The van der Waals surface area contributed by atoms with E-state index in [0.717, 1.165) is 18.2 Å². The summed E-state index contributed by atoms with van der Waals surface area (Å²) in [5.41, 5.74) is 0.741. The second kappa shape index (κ2) is 11.0. The van der Waals surface area contributed by atoms with Crippen LogP contribution < -0.4 is 10.2 Å². The number of sulfone groups is 1. The van der Waals surface area contributed by atoms with Crippen molar-refractivity contribution in [3.63, 3.8) is 0 Å². The molecule has 1 N–H and O–H groups in total. The van der Waals surface area contributed by atoms with Gasteiger partial charge in [0, 0.05) is 44.1 Å². The Morgan fingerprint density at radius 2 is 1.64 bits per heavy atom. The summed E-state index contributed by atoms with van der Waals surface area (Å²) in [7, 11) is -3.64. The van der Waals surface area contributed by atoms with E-state index in [0.29, 0.717) is 24.6 Å². The van der Waals surface area contributed by atoms with E-state index in [1.54, 1.807) is 24.4 Å². The Morgan fingerprint density at radius 3 is 2.26 bits per heavy atom. The lowest BCUT2D eigenvalue weighted by Gasteiger charge is -2.38. The summed E-state index contributed by atoms with van der Waals surface area (Å²) in [5.74, 6) is -1.44. The summed E-state index contributed by atoms with van der Waals surface area (Å²) in [6, 6.07) is 12.7. The first kappa shape index (κ1) is 26.7. The van der Waals surface area contributed by atoms with Gasteiger partial charge in [0.25, 0.3) is 0 Å². The molecule has 2 aliphatic heterocycles. The fourth-order valence-corrected chi connectivity index (χ4v) is 6.60. The summed E-state index contributed by atoms with van der Waals surface area (Å²) in [5, 5.41) is 10.0. The molecule has 2 saturated heterocycles. The van der Waals surface area contributed by atoms with Crippen molar-refractivity contribution in [2.45, 2.75) is 29.4 Å². The molecule has 3 aromatic rings. The number of likely N-dealkylation sites (tertiary alicyclic amines) is 1. The maximum atomic E-state index is 13.4. The number of aromatic nitrogens is 2. The van der Waals surface area contributed by atoms with Crippen LogP contribution in [0.2, 0.25) is 0 Å². The van der Waals surface area contributed by atoms with Crippen molar-refractivity contribution in [3.05, 3.63) is 78.0 Å². The van der Waals surface area contributed by atoms with Crippen molar-refractivity contribution < 1.29 is 26.8 Å². The molecule has 0 radical (unpaired) electrons. The number of amides is 2. The Morgan fingerprint density at radius 1 is 0.974 bits per heavy atom. The highest BCUT2D eigenvalue weighted by Gasteiger charge is 2.35. The number of rotatable bonds is 7. The molecule has 0 bridgehead atoms. The molecule has 0 unspecified atom stereocenters. The van der Waals surface area contributed by atoms with E-state index in [4.69, 9.17) is 0 Å². The molecule has 1 aromatic heterocycles. The maximum Gasteiger partial charge on any atom is 0.231 e. The van der Waals surface area contributed by atoms with Gasteiger partial charge in [-0.15, -0.1) is 5.10 Å². The van der Waals surface area contributed by atoms with Gasteiger partial charge in [0.1, 0.15) is 11.6 Å². The van der Waals surface area contributed by atoms with E-state index in [1.807, 2.05) is 11.0 Å². The third-order valence-corrected chi connectivity index (χ3v) is 9.37. The van der Waals surface area contributed by atoms with Crippen LogP contribution in [0.3, 0.4) is 0 Å². The Kier molecular flexibility index (Phi) is 7.56. The van der Waals surface area contributed by atoms with Gasteiger partial charge in [-0.3, -0.25) is 9.59 Å². The normalized spacial score (nSPS) is 16.6. The number of halogens is 2. The molecule has 2 amide bonds. The quantitative estimate of drug-likeness (QED) is 0.477. The van der Waals surface area contributed by atoms with Crippen molar-refractivity contribution in [1.82, 2.24) is 15.1 Å². The van der Waals surface area contributed by atoms with Crippen molar-refractivity contribution in [3.8, 4) is 0 Å². The summed E-state index contributed by atoms with van der Waals surface area (Å²) in [6.07, 6.45) is 1.95. The lowest BCUT2D eigenvalue weighted by Crippen LogP contribution is -2.52. The van der Waals surface area contributed by atoms with Crippen LogP contribution in [0, 0.1) is 17.6 Å². The zero-order chi connectivity index (χ0) is 27.6. The minimum absolute atomic E-state index is 0.149. The predicted octanol–water partition coefficient (Wildman–Crippen LogP) is 2.84. The summed E-state index contributed by atoms with van der Waals surface area (Å²) in [6.45, 7) is 1.53. The fourth-order valence-electron chi connectivity index (χ4n) is 4.87. The minimum atomic E-state index is -3.64. The third kappa shape index (κ3) is 6.06. The van der Waals surface area contributed by atoms with Gasteiger partial charge >= 0.3 is 0 Å². The van der Waals surface area contributed by atoms with Crippen LogP contribution in [0.15, 0.2) is 65.7 Å². The minimum Gasteiger partial charge on any atom is -0.353 e. The second-order valence-electron chi connectivity index (χ2n) is 9.78. The van der Waals surface area contributed by atoms with Crippen LogP contribution >= 0.6 is 0 Å². The average molecular weight is 556 g/mol. The fraction of sp³-hybridized carbons (Fsp3) is 0.333. The molecule has 5 rings (SSSR count). The van der Waals surface area contributed by atoms with Crippen molar-refractivity contribution in [2.75, 3.05) is 36.4 Å². The van der Waals surface area contributed by atoms with Gasteiger partial charge in [-0.05, 0) is 66.9 Å². The van der Waals surface area contributed by atoms with Gasteiger partial charge in [0.05, 0.1) is 22.5 Å². The van der Waals surface area contributed by atoms with Gasteiger partial charge in [-0.2, -0.15) is 5.10 Å². The highest BCUT2D eigenvalue weighted by atomic mass is 32.2. The number of hydrogen-bond acceptors (Lipinski definition) is 7. The summed E-state index contributed by atoms with van der Waals surface area (Å²) in [4.78, 5) is 28.8. The van der Waals surface area contributed by atoms with E-state index < -0.39 is 26.7 Å². The predicted molar refractivity (Wildman–Crippen MR) is 140 cm³/mol. The van der Waals surface area contributed by atoms with Crippen molar-refractivity contribution in [1.29, 1.82) is 0 Å². The van der Waals surface area contributed by atoms with Crippen LogP contribution in [0.4, 0.5) is 20.3 Å². The molecule has 204 valence electrons. The lowest BCUT2D eigenvalue weighted by atomic mass is 9.99. The Bertz CT molecular complexity index is 1440. The second-order valence-corrected chi connectivity index (χ2v) is 12.0. The van der Waals surface area contributed by atoms with Crippen molar-refractivity contribution >= 4 is 33.2 Å². The maximum absolute atomic E-state index is 13.4. The average Bonchev–Trinajstić information content (AvgIpc) is 2.88. The summed E-state index contributed by atoms with van der Waals surface area (Å²) < 4.78 is 53.3. The molecule has 0 atom stereocenters. The first-order valence-electron chi connectivity index (χ1n) is 12.6. The highest BCUT2D eigenvalue weighted by molar-refractivity contribution is 7.92. The topological polar surface area (TPSA) is 113 Å². The van der Waals surface area contributed by atoms with Crippen molar-refractivity contribution in [2.24, 2.45) is 5.92 Å². The summed E-state index contributed by atoms with van der Waals surface area (Å²) >= 11 is 0. The number of hydrogen-bond donors (Lipinski definition) is 1. The standard InChI is InChI=1S/C27H27F2N5O4S/c28-20-12-18(13-21(29)15-20)14-26(35)33-10-7-24(8-11-33)39(37,38)23-5-3-22(4-6-23)31-27(36)19-16-34(17-19)25-2-1-9-30-32-25/h1-6,9,12-13,15,19,24H,7-8,10-11,14,16-17H2,(H,31,36). The van der Waals surface area contributed by atoms with Gasteiger partial charge in [-0.25, -0.2) is 17.2 Å². The zero-order valence-corrected chi connectivity index (χ0v) is 21.8. The van der Waals surface area contributed by atoms with E-state index in [2.05, 4.69) is 15.5 Å². The first-order valence-corrected chi connectivity index (χ1v) is 14.1. The molecular formula is C27H27F2N5O4S. The molecule has 2 fully saturated rings. The molecule has 2 aliphatic rings. The van der Waals surface area contributed by atoms with Gasteiger partial charge < -0.3 is 15.1 Å². The number of carbonyl (C=O) groups excluding carboxylic acids is 2. The number of nitrogens with one attached hydrogen (secondary N) is 1. The molecule has 12 heteroatoms.